The Balaban J connectivity index is 2.87. The summed E-state index contributed by atoms with van der Waals surface area (Å²) in [6.07, 6.45) is 3.22. The van der Waals surface area contributed by atoms with E-state index < -0.39 is 5.97 Å². The Bertz CT molecular complexity index is 430. The number of nitrogens with zero attached hydrogens (tertiary/aromatic N) is 1. The van der Waals surface area contributed by atoms with Gasteiger partial charge in [0.25, 0.3) is 0 Å². The smallest absolute Gasteiger partial charge is 0.343 e. The second-order valence-corrected chi connectivity index (χ2v) is 6.95. The van der Waals surface area contributed by atoms with E-state index in [0.717, 1.165) is 12.8 Å². The van der Waals surface area contributed by atoms with Crippen molar-refractivity contribution in [2.45, 2.75) is 71.5 Å². The largest absolute Gasteiger partial charge is 0.512 e. The van der Waals surface area contributed by atoms with Gasteiger partial charge in [-0.05, 0) is 54.4 Å². The third-order valence-electron chi connectivity index (χ3n) is 3.47. The van der Waals surface area contributed by atoms with Gasteiger partial charge in [-0.25, -0.2) is 4.79 Å². The molecule has 0 saturated carbocycles. The summed E-state index contributed by atoms with van der Waals surface area (Å²) >= 11 is 0. The number of hydrogen-bond donors (Lipinski definition) is 2. The number of aliphatic imine (C=N–C) groups is 1. The molecular weight excluding hydrogens is 268 g/mol. The van der Waals surface area contributed by atoms with Crippen molar-refractivity contribution in [2.75, 3.05) is 6.61 Å². The highest BCUT2D eigenvalue weighted by atomic mass is 16.5. The molecule has 0 aromatic carbocycles. The lowest BCUT2D eigenvalue weighted by molar-refractivity contribution is -0.138. The molecule has 0 aliphatic carbocycles. The van der Waals surface area contributed by atoms with Gasteiger partial charge in [-0.15, -0.1) is 0 Å². The van der Waals surface area contributed by atoms with Crippen LogP contribution in [0.1, 0.15) is 54.4 Å². The van der Waals surface area contributed by atoms with E-state index in [2.05, 4.69) is 38.0 Å². The molecule has 0 unspecified atom stereocenters. The van der Waals surface area contributed by atoms with E-state index in [0.29, 0.717) is 0 Å². The van der Waals surface area contributed by atoms with Crippen LogP contribution in [-0.4, -0.2) is 41.0 Å². The summed E-state index contributed by atoms with van der Waals surface area (Å²) in [4.78, 5) is 16.3. The zero-order valence-electron chi connectivity index (χ0n) is 14.0. The molecule has 0 amide bonds. The number of esters is 1. The number of piperidine rings is 1. The van der Waals surface area contributed by atoms with Gasteiger partial charge in [0.2, 0.25) is 0 Å². The van der Waals surface area contributed by atoms with Gasteiger partial charge in [0.15, 0.2) is 0 Å². The normalized spacial score (nSPS) is 23.0. The zero-order valence-corrected chi connectivity index (χ0v) is 14.0. The molecule has 5 nitrogen and oxygen atoms in total. The molecule has 21 heavy (non-hydrogen) atoms. The van der Waals surface area contributed by atoms with Crippen molar-refractivity contribution in [3.63, 3.8) is 0 Å². The van der Waals surface area contributed by atoms with Gasteiger partial charge < -0.3 is 15.2 Å². The van der Waals surface area contributed by atoms with Crippen molar-refractivity contribution >= 4 is 12.2 Å². The maximum Gasteiger partial charge on any atom is 0.343 e. The van der Waals surface area contributed by atoms with Crippen molar-refractivity contribution in [2.24, 2.45) is 4.99 Å². The fourth-order valence-electron chi connectivity index (χ4n) is 3.06. The summed E-state index contributed by atoms with van der Waals surface area (Å²) in [5, 5.41) is 13.2. The molecule has 0 atom stereocenters. The summed E-state index contributed by atoms with van der Waals surface area (Å²) in [5.41, 5.74) is 0.114. The molecule has 0 aromatic heterocycles. The fraction of sp³-hybridized carbons (Fsp3) is 0.750. The van der Waals surface area contributed by atoms with Gasteiger partial charge in [-0.1, -0.05) is 0 Å². The van der Waals surface area contributed by atoms with E-state index in [-0.39, 0.29) is 35.1 Å². The van der Waals surface area contributed by atoms with Gasteiger partial charge in [0.05, 0.1) is 12.6 Å². The highest BCUT2D eigenvalue weighted by molar-refractivity contribution is 6.09. The maximum absolute atomic E-state index is 11.8. The van der Waals surface area contributed by atoms with Crippen LogP contribution in [0.2, 0.25) is 0 Å². The monoisotopic (exact) mass is 296 g/mol. The Morgan fingerprint density at radius 3 is 2.29 bits per heavy atom. The first-order chi connectivity index (χ1) is 9.56. The van der Waals surface area contributed by atoms with Crippen molar-refractivity contribution in [1.29, 1.82) is 0 Å². The number of ether oxygens (including phenoxy) is 1. The number of carbonyl (C=O) groups is 1. The molecule has 5 heteroatoms. The number of rotatable bonds is 4. The number of aliphatic hydroxyl groups excluding tert-OH is 1. The highest BCUT2D eigenvalue weighted by Gasteiger charge is 2.37. The number of carbonyl (C=O) groups excluding carboxylic acids is 1. The summed E-state index contributed by atoms with van der Waals surface area (Å²) in [5.74, 6) is -0.599. The van der Waals surface area contributed by atoms with Crippen LogP contribution in [0.15, 0.2) is 16.3 Å². The second-order valence-electron chi connectivity index (χ2n) is 6.95. The predicted molar refractivity (Wildman–Crippen MR) is 84.8 cm³/mol. The molecule has 1 fully saturated rings. The molecule has 0 spiro atoms. The van der Waals surface area contributed by atoms with Crippen molar-refractivity contribution in [1.82, 2.24) is 5.32 Å². The minimum atomic E-state index is -0.534. The molecule has 1 rings (SSSR count). The summed E-state index contributed by atoms with van der Waals surface area (Å²) in [6, 6.07) is 0.111. The van der Waals surface area contributed by atoms with Gasteiger partial charge in [-0.2, -0.15) is 0 Å². The van der Waals surface area contributed by atoms with E-state index in [9.17, 15) is 9.90 Å². The van der Waals surface area contributed by atoms with Crippen LogP contribution in [0.4, 0.5) is 0 Å². The number of hydrogen-bond acceptors (Lipinski definition) is 5. The maximum atomic E-state index is 11.8. The van der Waals surface area contributed by atoms with Gasteiger partial charge in [0.1, 0.15) is 11.3 Å². The second kappa shape index (κ2) is 6.60. The van der Waals surface area contributed by atoms with E-state index in [1.807, 2.05) is 0 Å². The average Bonchev–Trinajstić information content (AvgIpc) is 2.24. The van der Waals surface area contributed by atoms with Crippen LogP contribution in [-0.2, 0) is 9.53 Å². The Morgan fingerprint density at radius 2 is 1.86 bits per heavy atom. The van der Waals surface area contributed by atoms with Crippen molar-refractivity contribution in [3.05, 3.63) is 11.3 Å². The van der Waals surface area contributed by atoms with Crippen molar-refractivity contribution in [3.8, 4) is 0 Å². The molecule has 1 aliphatic heterocycles. The number of aliphatic hydroxyl groups is 1. The molecule has 0 bridgehead atoms. The molecule has 1 saturated heterocycles. The van der Waals surface area contributed by atoms with E-state index in [1.54, 1.807) is 6.92 Å². The van der Waals surface area contributed by atoms with Crippen LogP contribution >= 0.6 is 0 Å². The first kappa shape index (κ1) is 17.7. The third-order valence-corrected chi connectivity index (χ3v) is 3.47. The summed E-state index contributed by atoms with van der Waals surface area (Å²) in [6.45, 7) is 12.1. The summed E-state index contributed by atoms with van der Waals surface area (Å²) in [7, 11) is 0. The van der Waals surface area contributed by atoms with E-state index >= 15 is 0 Å². The molecule has 0 radical (unpaired) electrons. The van der Waals surface area contributed by atoms with Crippen LogP contribution in [0.3, 0.4) is 0 Å². The standard InChI is InChI=1S/C16H28N2O3/c1-7-21-14(20)13(11(2)19)10-17-12-8-15(3,4)18-16(5,6)9-12/h10,12,18-19H,7-9H2,1-6H3. The Kier molecular flexibility index (Phi) is 5.56. The van der Waals surface area contributed by atoms with Gasteiger partial charge in [-0.3, -0.25) is 4.99 Å². The molecular formula is C16H28N2O3. The molecule has 120 valence electrons. The molecule has 1 heterocycles. The molecule has 1 aliphatic rings. The third kappa shape index (κ3) is 5.50. The Hall–Kier alpha value is -1.36. The SMILES string of the molecule is CCOC(=O)C(C=NC1CC(C)(C)NC(C)(C)C1)=C(C)O. The quantitative estimate of drug-likeness (QED) is 0.362. The molecule has 0 aromatic rings. The topological polar surface area (TPSA) is 70.9 Å². The Morgan fingerprint density at radius 1 is 1.33 bits per heavy atom. The van der Waals surface area contributed by atoms with E-state index in [4.69, 9.17) is 4.74 Å². The fourth-order valence-corrected chi connectivity index (χ4v) is 3.06. The minimum Gasteiger partial charge on any atom is -0.512 e. The van der Waals surface area contributed by atoms with Gasteiger partial charge in [0, 0.05) is 17.3 Å². The minimum absolute atomic E-state index is 0.00811. The average molecular weight is 296 g/mol. The first-order valence-electron chi connectivity index (χ1n) is 7.46. The number of nitrogens with one attached hydrogen (secondary N) is 1. The number of allylic oxidation sites excluding steroid dienone is 1. The van der Waals surface area contributed by atoms with Crippen molar-refractivity contribution < 1.29 is 14.6 Å². The van der Waals surface area contributed by atoms with E-state index in [1.165, 1.54) is 13.1 Å². The highest BCUT2D eigenvalue weighted by Crippen LogP contribution is 2.30. The lowest BCUT2D eigenvalue weighted by atomic mass is 9.80. The lowest BCUT2D eigenvalue weighted by Crippen LogP contribution is -2.58. The zero-order chi connectivity index (χ0) is 16.3. The van der Waals surface area contributed by atoms with Crippen LogP contribution in [0.25, 0.3) is 0 Å². The van der Waals surface area contributed by atoms with Crippen LogP contribution in [0.5, 0.6) is 0 Å². The Labute approximate surface area is 127 Å². The first-order valence-corrected chi connectivity index (χ1v) is 7.46. The summed E-state index contributed by atoms with van der Waals surface area (Å²) < 4.78 is 4.93. The van der Waals surface area contributed by atoms with Crippen LogP contribution < -0.4 is 5.32 Å². The lowest BCUT2D eigenvalue weighted by Gasteiger charge is -2.45. The van der Waals surface area contributed by atoms with Gasteiger partial charge >= 0.3 is 5.97 Å². The van der Waals surface area contributed by atoms with Crippen LogP contribution in [0, 0.1) is 0 Å². The molecule has 2 N–H and O–H groups in total. The predicted octanol–water partition coefficient (Wildman–Crippen LogP) is 2.76.